The van der Waals surface area contributed by atoms with Gasteiger partial charge < -0.3 is 25.4 Å². The van der Waals surface area contributed by atoms with Crippen molar-refractivity contribution in [1.29, 1.82) is 5.26 Å². The summed E-state index contributed by atoms with van der Waals surface area (Å²) in [6.07, 6.45) is 0.0384. The van der Waals surface area contributed by atoms with E-state index >= 15 is 0 Å². The molecule has 0 bridgehead atoms. The molecular weight excluding hydrogens is 496 g/mol. The van der Waals surface area contributed by atoms with Crippen molar-refractivity contribution in [3.63, 3.8) is 0 Å². The highest BCUT2D eigenvalue weighted by molar-refractivity contribution is 5.92. The van der Waals surface area contributed by atoms with Gasteiger partial charge in [0.15, 0.2) is 0 Å². The van der Waals surface area contributed by atoms with Crippen molar-refractivity contribution in [2.75, 3.05) is 6.54 Å². The molecule has 39 heavy (non-hydrogen) atoms. The standard InChI is InChI=1S/C30H40N4O5/c1-8-20-9-13-22(14-10-20)25(26(36)33-29(2,3)4)34(18-17-31)27(37)24(32-28(38)39-30(5,6)7)19-21-11-15-23(35)16-12-21/h9-16,24-25,35H,8,18-19H2,1-7H3,(H,32,38)(H,33,36). The maximum Gasteiger partial charge on any atom is 0.408 e. The third kappa shape index (κ3) is 9.97. The molecule has 2 unspecified atom stereocenters. The highest BCUT2D eigenvalue weighted by Crippen LogP contribution is 2.25. The number of amides is 3. The lowest BCUT2D eigenvalue weighted by Gasteiger charge is -2.34. The van der Waals surface area contributed by atoms with E-state index in [0.29, 0.717) is 11.1 Å². The van der Waals surface area contributed by atoms with Crippen molar-refractivity contribution in [1.82, 2.24) is 15.5 Å². The molecule has 3 N–H and O–H groups in total. The summed E-state index contributed by atoms with van der Waals surface area (Å²) in [5.41, 5.74) is 0.850. The Labute approximate surface area is 231 Å². The Kier molecular flexibility index (Phi) is 10.5. The molecule has 2 atom stereocenters. The molecule has 0 aliphatic heterocycles. The number of rotatable bonds is 9. The number of nitrogens with zero attached hydrogens (tertiary/aromatic N) is 2. The number of alkyl carbamates (subject to hydrolysis) is 1. The molecule has 9 nitrogen and oxygen atoms in total. The van der Waals surface area contributed by atoms with Crippen molar-refractivity contribution < 1.29 is 24.2 Å². The molecule has 9 heteroatoms. The van der Waals surface area contributed by atoms with Crippen molar-refractivity contribution in [3.8, 4) is 11.8 Å². The minimum Gasteiger partial charge on any atom is -0.508 e. The van der Waals surface area contributed by atoms with E-state index in [1.54, 1.807) is 45.0 Å². The van der Waals surface area contributed by atoms with Crippen molar-refractivity contribution in [2.45, 2.75) is 84.5 Å². The molecule has 3 amide bonds. The number of benzene rings is 2. The largest absolute Gasteiger partial charge is 0.508 e. The molecule has 0 saturated heterocycles. The first kappa shape index (κ1) is 31.2. The van der Waals surface area contributed by atoms with Crippen LogP contribution in [0.15, 0.2) is 48.5 Å². The number of phenols is 1. The van der Waals surface area contributed by atoms with Gasteiger partial charge in [-0.25, -0.2) is 4.79 Å². The van der Waals surface area contributed by atoms with Gasteiger partial charge in [0.05, 0.1) is 6.07 Å². The number of carbonyl (C=O) groups excluding carboxylic acids is 3. The second kappa shape index (κ2) is 13.1. The molecule has 210 valence electrons. The average Bonchev–Trinajstić information content (AvgIpc) is 2.82. The molecule has 0 radical (unpaired) electrons. The fourth-order valence-corrected chi connectivity index (χ4v) is 3.94. The first-order valence-electron chi connectivity index (χ1n) is 13.0. The summed E-state index contributed by atoms with van der Waals surface area (Å²) in [7, 11) is 0. The van der Waals surface area contributed by atoms with Crippen LogP contribution in [-0.2, 0) is 27.2 Å². The molecule has 0 saturated carbocycles. The summed E-state index contributed by atoms with van der Waals surface area (Å²) < 4.78 is 5.39. The number of nitriles is 1. The maximum atomic E-state index is 14.1. The van der Waals surface area contributed by atoms with E-state index in [9.17, 15) is 24.8 Å². The molecular formula is C30H40N4O5. The van der Waals surface area contributed by atoms with Gasteiger partial charge in [-0.15, -0.1) is 0 Å². The molecule has 0 aliphatic rings. The summed E-state index contributed by atoms with van der Waals surface area (Å²) in [5, 5.41) is 24.9. The summed E-state index contributed by atoms with van der Waals surface area (Å²) in [6.45, 7) is 12.2. The summed E-state index contributed by atoms with van der Waals surface area (Å²) in [5.74, 6) is -1.01. The van der Waals surface area contributed by atoms with Crippen molar-refractivity contribution >= 4 is 17.9 Å². The van der Waals surface area contributed by atoms with Gasteiger partial charge in [-0.3, -0.25) is 9.59 Å². The van der Waals surface area contributed by atoms with Crippen LogP contribution >= 0.6 is 0 Å². The van der Waals surface area contributed by atoms with E-state index in [1.165, 1.54) is 17.0 Å². The Morgan fingerprint density at radius 2 is 1.54 bits per heavy atom. The van der Waals surface area contributed by atoms with Crippen LogP contribution in [0.5, 0.6) is 5.75 Å². The number of hydrogen-bond donors (Lipinski definition) is 3. The third-order valence-electron chi connectivity index (χ3n) is 5.65. The quantitative estimate of drug-likeness (QED) is 0.407. The van der Waals surface area contributed by atoms with Gasteiger partial charge >= 0.3 is 6.09 Å². The molecule has 0 heterocycles. The summed E-state index contributed by atoms with van der Waals surface area (Å²) in [4.78, 5) is 41.6. The Morgan fingerprint density at radius 3 is 2.03 bits per heavy atom. The van der Waals surface area contributed by atoms with Crippen LogP contribution in [0.4, 0.5) is 4.79 Å². The number of ether oxygens (including phenoxy) is 1. The summed E-state index contributed by atoms with van der Waals surface area (Å²) in [6, 6.07) is 13.3. The number of aryl methyl sites for hydroxylation is 1. The zero-order valence-electron chi connectivity index (χ0n) is 23.9. The normalized spacial score (nSPS) is 13.0. The number of carbonyl (C=O) groups is 3. The van der Waals surface area contributed by atoms with Gasteiger partial charge in [0.2, 0.25) is 11.8 Å². The maximum absolute atomic E-state index is 14.1. The van der Waals surface area contributed by atoms with Crippen LogP contribution in [0.3, 0.4) is 0 Å². The third-order valence-corrected chi connectivity index (χ3v) is 5.65. The predicted octanol–water partition coefficient (Wildman–Crippen LogP) is 4.40. The second-order valence-electron chi connectivity index (χ2n) is 11.4. The van der Waals surface area contributed by atoms with Gasteiger partial charge in [0.1, 0.15) is 30.0 Å². The first-order chi connectivity index (χ1) is 18.1. The molecule has 2 rings (SSSR count). The monoisotopic (exact) mass is 536 g/mol. The van der Waals surface area contributed by atoms with Gasteiger partial charge in [-0.2, -0.15) is 5.26 Å². The van der Waals surface area contributed by atoms with E-state index in [1.807, 2.05) is 45.9 Å². The van der Waals surface area contributed by atoms with Crippen LogP contribution in [0.1, 0.15) is 71.2 Å². The van der Waals surface area contributed by atoms with Gasteiger partial charge in [0, 0.05) is 12.0 Å². The number of nitrogens with one attached hydrogen (secondary N) is 2. The lowest BCUT2D eigenvalue weighted by molar-refractivity contribution is -0.142. The smallest absolute Gasteiger partial charge is 0.408 e. The van der Waals surface area contributed by atoms with Gasteiger partial charge in [0.25, 0.3) is 0 Å². The fraction of sp³-hybridized carbons (Fsp3) is 0.467. The molecule has 0 spiro atoms. The summed E-state index contributed by atoms with van der Waals surface area (Å²) >= 11 is 0. The van der Waals surface area contributed by atoms with E-state index in [4.69, 9.17) is 4.74 Å². The van der Waals surface area contributed by atoms with E-state index in [2.05, 4.69) is 10.6 Å². The SMILES string of the molecule is CCc1ccc(C(C(=O)NC(C)(C)C)N(CC#N)C(=O)C(Cc2ccc(O)cc2)NC(=O)OC(C)(C)C)cc1. The zero-order chi connectivity index (χ0) is 29.4. The van der Waals surface area contributed by atoms with Crippen LogP contribution in [0, 0.1) is 11.3 Å². The minimum atomic E-state index is -1.16. The zero-order valence-corrected chi connectivity index (χ0v) is 23.9. The molecule has 0 fully saturated rings. The van der Waals surface area contributed by atoms with Crippen LogP contribution in [-0.4, -0.2) is 51.6 Å². The number of aromatic hydroxyl groups is 1. The predicted molar refractivity (Wildman–Crippen MR) is 149 cm³/mol. The first-order valence-corrected chi connectivity index (χ1v) is 13.0. The van der Waals surface area contributed by atoms with E-state index < -0.39 is 47.7 Å². The van der Waals surface area contributed by atoms with Gasteiger partial charge in [-0.05, 0) is 76.8 Å². The highest BCUT2D eigenvalue weighted by Gasteiger charge is 2.37. The topological polar surface area (TPSA) is 132 Å². The molecule has 0 aromatic heterocycles. The molecule has 0 aliphatic carbocycles. The van der Waals surface area contributed by atoms with Crippen molar-refractivity contribution in [3.05, 3.63) is 65.2 Å². The average molecular weight is 537 g/mol. The lowest BCUT2D eigenvalue weighted by atomic mass is 9.98. The highest BCUT2D eigenvalue weighted by atomic mass is 16.6. The fourth-order valence-electron chi connectivity index (χ4n) is 3.94. The Balaban J connectivity index is 2.56. The van der Waals surface area contributed by atoms with Gasteiger partial charge in [-0.1, -0.05) is 43.3 Å². The molecule has 2 aromatic carbocycles. The van der Waals surface area contributed by atoms with E-state index in [-0.39, 0.29) is 12.2 Å². The van der Waals surface area contributed by atoms with Crippen LogP contribution < -0.4 is 10.6 Å². The Hall–Kier alpha value is -4.06. The van der Waals surface area contributed by atoms with Crippen LogP contribution in [0.2, 0.25) is 0 Å². The second-order valence-corrected chi connectivity index (χ2v) is 11.4. The number of hydrogen-bond acceptors (Lipinski definition) is 6. The molecule has 2 aromatic rings. The Bertz CT molecular complexity index is 1170. The number of phenolic OH excluding ortho intramolecular Hbond substituents is 1. The Morgan fingerprint density at radius 1 is 0.974 bits per heavy atom. The van der Waals surface area contributed by atoms with Crippen LogP contribution in [0.25, 0.3) is 0 Å². The van der Waals surface area contributed by atoms with E-state index in [0.717, 1.165) is 12.0 Å². The van der Waals surface area contributed by atoms with Crippen molar-refractivity contribution in [2.24, 2.45) is 0 Å². The minimum absolute atomic E-state index is 0.0443. The lowest BCUT2D eigenvalue weighted by Crippen LogP contribution is -2.55.